The molecule has 1 atom stereocenters. The summed E-state index contributed by atoms with van der Waals surface area (Å²) < 4.78 is 5.35. The Balaban J connectivity index is 2.62. The van der Waals surface area contributed by atoms with Crippen molar-refractivity contribution in [2.75, 3.05) is 13.2 Å². The van der Waals surface area contributed by atoms with Crippen molar-refractivity contribution in [1.29, 1.82) is 0 Å². The summed E-state index contributed by atoms with van der Waals surface area (Å²) in [6.07, 6.45) is 1.95. The number of nitrogens with two attached hydrogens (primary N) is 1. The van der Waals surface area contributed by atoms with Crippen LogP contribution in [-0.2, 0) is 11.2 Å². The van der Waals surface area contributed by atoms with Crippen molar-refractivity contribution < 1.29 is 4.74 Å². The number of hydrogen-bond donors (Lipinski definition) is 2. The van der Waals surface area contributed by atoms with Gasteiger partial charge in [0, 0.05) is 19.3 Å². The Morgan fingerprint density at radius 1 is 1.38 bits per heavy atom. The van der Waals surface area contributed by atoms with Crippen LogP contribution in [0.2, 0.25) is 0 Å². The fourth-order valence-electron chi connectivity index (χ4n) is 1.72. The number of ether oxygens (including phenoxy) is 1. The van der Waals surface area contributed by atoms with Crippen molar-refractivity contribution in [3.8, 4) is 0 Å². The molecule has 0 saturated heterocycles. The normalized spacial score (nSPS) is 12.7. The number of hydrogen-bond acceptors (Lipinski definition) is 3. The Morgan fingerprint density at radius 2 is 2.19 bits per heavy atom. The summed E-state index contributed by atoms with van der Waals surface area (Å²) in [6, 6.07) is 8.71. The van der Waals surface area contributed by atoms with Gasteiger partial charge >= 0.3 is 0 Å². The van der Waals surface area contributed by atoms with Crippen LogP contribution in [0.5, 0.6) is 0 Å². The molecule has 1 aromatic carbocycles. The fourth-order valence-corrected chi connectivity index (χ4v) is 1.72. The first-order valence-electron chi connectivity index (χ1n) is 5.94. The highest BCUT2D eigenvalue weighted by Crippen LogP contribution is 2.17. The maximum Gasteiger partial charge on any atom is 0.0484 e. The number of nitrogens with one attached hydrogen (secondary N) is 1. The van der Waals surface area contributed by atoms with E-state index in [4.69, 9.17) is 10.6 Å². The van der Waals surface area contributed by atoms with Gasteiger partial charge in [0.25, 0.3) is 0 Å². The fraction of sp³-hybridized carbons (Fsp3) is 0.538. The van der Waals surface area contributed by atoms with Crippen LogP contribution in [0.1, 0.15) is 37.4 Å². The minimum Gasteiger partial charge on any atom is -0.382 e. The van der Waals surface area contributed by atoms with E-state index < -0.39 is 0 Å². The van der Waals surface area contributed by atoms with Gasteiger partial charge in [-0.3, -0.25) is 11.3 Å². The van der Waals surface area contributed by atoms with Crippen LogP contribution in [-0.4, -0.2) is 13.2 Å². The molecule has 0 bridgehead atoms. The maximum absolute atomic E-state index is 5.57. The monoisotopic (exact) mass is 222 g/mol. The predicted octanol–water partition coefficient (Wildman–Crippen LogP) is 2.18. The second-order valence-electron chi connectivity index (χ2n) is 3.80. The van der Waals surface area contributed by atoms with E-state index in [9.17, 15) is 0 Å². The van der Waals surface area contributed by atoms with E-state index in [2.05, 4.69) is 36.6 Å². The van der Waals surface area contributed by atoms with Crippen LogP contribution >= 0.6 is 0 Å². The van der Waals surface area contributed by atoms with Crippen LogP contribution in [0, 0.1) is 0 Å². The van der Waals surface area contributed by atoms with Crippen LogP contribution in [0.4, 0.5) is 0 Å². The zero-order valence-electron chi connectivity index (χ0n) is 10.2. The molecule has 1 rings (SSSR count). The largest absolute Gasteiger partial charge is 0.382 e. The highest BCUT2D eigenvalue weighted by molar-refractivity contribution is 5.25. The lowest BCUT2D eigenvalue weighted by Crippen LogP contribution is -2.29. The number of aryl methyl sites for hydroxylation is 1. The molecule has 1 unspecified atom stereocenters. The topological polar surface area (TPSA) is 47.3 Å². The summed E-state index contributed by atoms with van der Waals surface area (Å²) in [7, 11) is 0. The Labute approximate surface area is 98.0 Å². The average Bonchev–Trinajstić information content (AvgIpc) is 2.35. The third-order valence-electron chi connectivity index (χ3n) is 2.72. The van der Waals surface area contributed by atoms with Gasteiger partial charge in [0.2, 0.25) is 0 Å². The molecule has 1 aromatic rings. The molecule has 3 N–H and O–H groups in total. The van der Waals surface area contributed by atoms with E-state index in [0.29, 0.717) is 0 Å². The van der Waals surface area contributed by atoms with Gasteiger partial charge < -0.3 is 4.74 Å². The van der Waals surface area contributed by atoms with Gasteiger partial charge in [-0.1, -0.05) is 31.2 Å². The third kappa shape index (κ3) is 3.93. The van der Waals surface area contributed by atoms with E-state index >= 15 is 0 Å². The summed E-state index contributed by atoms with van der Waals surface area (Å²) in [6.45, 7) is 5.65. The Hall–Kier alpha value is -0.900. The summed E-state index contributed by atoms with van der Waals surface area (Å²) in [5, 5.41) is 0. The number of hydrazine groups is 1. The lowest BCUT2D eigenvalue weighted by Gasteiger charge is -2.16. The summed E-state index contributed by atoms with van der Waals surface area (Å²) in [5.74, 6) is 5.57. The van der Waals surface area contributed by atoms with Crippen molar-refractivity contribution >= 4 is 0 Å². The quantitative estimate of drug-likeness (QED) is 0.422. The molecule has 90 valence electrons. The van der Waals surface area contributed by atoms with Gasteiger partial charge in [0.15, 0.2) is 0 Å². The lowest BCUT2D eigenvalue weighted by atomic mass is 10.0. The molecule has 16 heavy (non-hydrogen) atoms. The molecule has 0 aliphatic heterocycles. The molecule has 3 nitrogen and oxygen atoms in total. The molecule has 0 heterocycles. The first kappa shape index (κ1) is 13.2. The third-order valence-corrected chi connectivity index (χ3v) is 2.72. The summed E-state index contributed by atoms with van der Waals surface area (Å²) in [4.78, 5) is 0. The van der Waals surface area contributed by atoms with E-state index in [1.807, 2.05) is 6.92 Å². The molecule has 0 aliphatic rings. The first-order chi connectivity index (χ1) is 7.81. The van der Waals surface area contributed by atoms with Gasteiger partial charge in [0.05, 0.1) is 0 Å². The van der Waals surface area contributed by atoms with Gasteiger partial charge in [-0.25, -0.2) is 0 Å². The SMILES string of the molecule is CCOCCC(NN)c1cccc(CC)c1. The van der Waals surface area contributed by atoms with E-state index in [-0.39, 0.29) is 6.04 Å². The molecule has 0 spiro atoms. The molecule has 0 amide bonds. The number of rotatable bonds is 7. The standard InChI is InChI=1S/C13H22N2O/c1-3-11-6-5-7-12(10-11)13(15-14)8-9-16-4-2/h5-7,10,13,15H,3-4,8-9,14H2,1-2H3. The first-order valence-corrected chi connectivity index (χ1v) is 5.94. The van der Waals surface area contributed by atoms with E-state index in [0.717, 1.165) is 26.1 Å². The Bertz CT molecular complexity index is 302. The van der Waals surface area contributed by atoms with Crippen molar-refractivity contribution in [3.05, 3.63) is 35.4 Å². The molecule has 3 heteroatoms. The minimum absolute atomic E-state index is 0.179. The molecule has 0 saturated carbocycles. The average molecular weight is 222 g/mol. The van der Waals surface area contributed by atoms with E-state index in [1.54, 1.807) is 0 Å². The highest BCUT2D eigenvalue weighted by Gasteiger charge is 2.09. The maximum atomic E-state index is 5.57. The number of benzene rings is 1. The minimum atomic E-state index is 0.179. The van der Waals surface area contributed by atoms with Crippen molar-refractivity contribution in [1.82, 2.24) is 5.43 Å². The van der Waals surface area contributed by atoms with Crippen molar-refractivity contribution in [2.45, 2.75) is 32.7 Å². The van der Waals surface area contributed by atoms with Crippen LogP contribution in [0.3, 0.4) is 0 Å². The van der Waals surface area contributed by atoms with Gasteiger partial charge in [-0.05, 0) is 30.9 Å². The van der Waals surface area contributed by atoms with Gasteiger partial charge in [0.1, 0.15) is 0 Å². The molecule has 0 radical (unpaired) electrons. The second kappa shape index (κ2) is 7.39. The molecular weight excluding hydrogens is 200 g/mol. The molecule has 0 aliphatic carbocycles. The van der Waals surface area contributed by atoms with Gasteiger partial charge in [-0.15, -0.1) is 0 Å². The zero-order valence-corrected chi connectivity index (χ0v) is 10.2. The smallest absolute Gasteiger partial charge is 0.0484 e. The van der Waals surface area contributed by atoms with Crippen LogP contribution in [0.25, 0.3) is 0 Å². The van der Waals surface area contributed by atoms with E-state index in [1.165, 1.54) is 11.1 Å². The van der Waals surface area contributed by atoms with Crippen molar-refractivity contribution in [2.24, 2.45) is 5.84 Å². The molecule has 0 fully saturated rings. The molecular formula is C13H22N2O. The van der Waals surface area contributed by atoms with Crippen LogP contribution in [0.15, 0.2) is 24.3 Å². The Kier molecular flexibility index (Phi) is 6.08. The zero-order chi connectivity index (χ0) is 11.8. The van der Waals surface area contributed by atoms with Gasteiger partial charge in [-0.2, -0.15) is 0 Å². The predicted molar refractivity (Wildman–Crippen MR) is 67.0 cm³/mol. The van der Waals surface area contributed by atoms with Crippen LogP contribution < -0.4 is 11.3 Å². The Morgan fingerprint density at radius 3 is 2.81 bits per heavy atom. The second-order valence-corrected chi connectivity index (χ2v) is 3.80. The summed E-state index contributed by atoms with van der Waals surface area (Å²) in [5.41, 5.74) is 5.43. The van der Waals surface area contributed by atoms with Crippen molar-refractivity contribution in [3.63, 3.8) is 0 Å². The lowest BCUT2D eigenvalue weighted by molar-refractivity contribution is 0.136. The molecule has 0 aromatic heterocycles. The highest BCUT2D eigenvalue weighted by atomic mass is 16.5. The summed E-state index contributed by atoms with van der Waals surface area (Å²) >= 11 is 0.